The molecule has 3 amide bonds. The first-order chi connectivity index (χ1) is 12.1. The lowest BCUT2D eigenvalue weighted by atomic mass is 10.1. The van der Waals surface area contributed by atoms with Gasteiger partial charge in [-0.1, -0.05) is 13.8 Å². The molecule has 0 unspecified atom stereocenters. The summed E-state index contributed by atoms with van der Waals surface area (Å²) in [5, 5.41) is 5.50. The van der Waals surface area contributed by atoms with Crippen LogP contribution in [0.5, 0.6) is 0 Å². The van der Waals surface area contributed by atoms with Crippen LogP contribution in [0.25, 0.3) is 0 Å². The summed E-state index contributed by atoms with van der Waals surface area (Å²) in [7, 11) is 0. The van der Waals surface area contributed by atoms with E-state index >= 15 is 0 Å². The summed E-state index contributed by atoms with van der Waals surface area (Å²) in [4.78, 5) is 37.0. The molecule has 1 aliphatic heterocycles. The van der Waals surface area contributed by atoms with Gasteiger partial charge in [0.15, 0.2) is 0 Å². The monoisotopic (exact) mass is 371 g/mol. The molecule has 0 spiro atoms. The highest BCUT2D eigenvalue weighted by atomic mass is 16.6. The Morgan fingerprint density at radius 1 is 1.15 bits per heavy atom. The molecule has 1 rings (SSSR count). The fraction of sp³-hybridized carbons (Fsp3) is 0.833. The minimum Gasteiger partial charge on any atom is -0.449 e. The van der Waals surface area contributed by atoms with Gasteiger partial charge in [-0.05, 0) is 39.5 Å². The molecule has 2 N–H and O–H groups in total. The minimum absolute atomic E-state index is 0.0400. The van der Waals surface area contributed by atoms with Gasteiger partial charge >= 0.3 is 12.2 Å². The summed E-state index contributed by atoms with van der Waals surface area (Å²) in [6.07, 6.45) is 0.767. The van der Waals surface area contributed by atoms with E-state index in [-0.39, 0.29) is 31.0 Å². The molecule has 8 nitrogen and oxygen atoms in total. The number of ether oxygens (including phenoxy) is 2. The van der Waals surface area contributed by atoms with Gasteiger partial charge in [0.05, 0.1) is 6.61 Å². The fourth-order valence-corrected chi connectivity index (χ4v) is 2.43. The largest absolute Gasteiger partial charge is 0.449 e. The van der Waals surface area contributed by atoms with Crippen LogP contribution < -0.4 is 10.6 Å². The van der Waals surface area contributed by atoms with Crippen LogP contribution in [0.3, 0.4) is 0 Å². The van der Waals surface area contributed by atoms with E-state index < -0.39 is 11.7 Å². The molecule has 0 bridgehead atoms. The summed E-state index contributed by atoms with van der Waals surface area (Å²) < 4.78 is 10.3. The van der Waals surface area contributed by atoms with Gasteiger partial charge < -0.3 is 25.0 Å². The fourth-order valence-electron chi connectivity index (χ4n) is 2.43. The summed E-state index contributed by atoms with van der Waals surface area (Å²) in [5.41, 5.74) is -0.559. The molecule has 150 valence electrons. The van der Waals surface area contributed by atoms with Crippen LogP contribution in [-0.4, -0.2) is 60.9 Å². The molecule has 1 aliphatic rings. The highest BCUT2D eigenvalue weighted by Crippen LogP contribution is 2.12. The van der Waals surface area contributed by atoms with Gasteiger partial charge in [-0.15, -0.1) is 0 Å². The predicted octanol–water partition coefficient (Wildman–Crippen LogP) is 2.27. The lowest BCUT2D eigenvalue weighted by Gasteiger charge is -2.31. The number of rotatable bonds is 6. The van der Waals surface area contributed by atoms with Crippen molar-refractivity contribution >= 4 is 18.1 Å². The summed E-state index contributed by atoms with van der Waals surface area (Å²) in [6, 6.07) is 0.0400. The first kappa shape index (κ1) is 22.1. The van der Waals surface area contributed by atoms with Crippen molar-refractivity contribution in [3.8, 4) is 0 Å². The third-order valence-corrected chi connectivity index (χ3v) is 3.68. The van der Waals surface area contributed by atoms with Crippen molar-refractivity contribution < 1.29 is 23.9 Å². The predicted molar refractivity (Wildman–Crippen MR) is 97.8 cm³/mol. The number of piperidine rings is 1. The Kier molecular flexibility index (Phi) is 8.68. The summed E-state index contributed by atoms with van der Waals surface area (Å²) in [5.74, 6) is 0.187. The molecule has 8 heteroatoms. The molecule has 1 fully saturated rings. The Labute approximate surface area is 156 Å². The van der Waals surface area contributed by atoms with Crippen LogP contribution in [-0.2, 0) is 14.3 Å². The Hall–Kier alpha value is -1.99. The van der Waals surface area contributed by atoms with Crippen LogP contribution in [0, 0.1) is 5.92 Å². The molecular weight excluding hydrogens is 338 g/mol. The Bertz CT molecular complexity index is 480. The molecule has 0 aromatic rings. The lowest BCUT2D eigenvalue weighted by Crippen LogP contribution is -2.47. The van der Waals surface area contributed by atoms with Gasteiger partial charge in [0.25, 0.3) is 0 Å². The minimum atomic E-state index is -0.559. The molecule has 0 aromatic heterocycles. The molecule has 26 heavy (non-hydrogen) atoms. The van der Waals surface area contributed by atoms with E-state index in [1.165, 1.54) is 0 Å². The molecule has 1 heterocycles. The van der Waals surface area contributed by atoms with Crippen LogP contribution in [0.2, 0.25) is 0 Å². The first-order valence-corrected chi connectivity index (χ1v) is 9.24. The zero-order valence-corrected chi connectivity index (χ0v) is 16.6. The van der Waals surface area contributed by atoms with Crippen molar-refractivity contribution in [3.63, 3.8) is 0 Å². The van der Waals surface area contributed by atoms with Crippen LogP contribution in [0.15, 0.2) is 0 Å². The van der Waals surface area contributed by atoms with Gasteiger partial charge in [-0.3, -0.25) is 4.79 Å². The zero-order valence-electron chi connectivity index (χ0n) is 16.6. The van der Waals surface area contributed by atoms with E-state index in [4.69, 9.17) is 9.47 Å². The molecule has 0 radical (unpaired) electrons. The second-order valence-corrected chi connectivity index (χ2v) is 7.98. The van der Waals surface area contributed by atoms with Gasteiger partial charge in [0, 0.05) is 32.1 Å². The number of hydrogen-bond acceptors (Lipinski definition) is 5. The van der Waals surface area contributed by atoms with Crippen molar-refractivity contribution in [3.05, 3.63) is 0 Å². The average Bonchev–Trinajstić information content (AvgIpc) is 2.51. The molecule has 0 aliphatic carbocycles. The van der Waals surface area contributed by atoms with Crippen molar-refractivity contribution in [1.29, 1.82) is 0 Å². The van der Waals surface area contributed by atoms with Crippen molar-refractivity contribution in [2.24, 2.45) is 5.92 Å². The SMILES string of the molecule is CC(C)COC(=O)N1CCC(NC(=O)CCNC(=O)OC(C)(C)C)CC1. The van der Waals surface area contributed by atoms with Gasteiger partial charge in [0.2, 0.25) is 5.91 Å². The van der Waals surface area contributed by atoms with E-state index in [0.717, 1.165) is 0 Å². The highest BCUT2D eigenvalue weighted by molar-refractivity contribution is 5.77. The number of carbonyl (C=O) groups excluding carboxylic acids is 3. The van der Waals surface area contributed by atoms with Crippen molar-refractivity contribution in [1.82, 2.24) is 15.5 Å². The number of amides is 3. The number of carbonyl (C=O) groups is 3. The van der Waals surface area contributed by atoms with E-state index in [0.29, 0.717) is 38.5 Å². The van der Waals surface area contributed by atoms with E-state index in [1.54, 1.807) is 25.7 Å². The second kappa shape index (κ2) is 10.2. The maximum Gasteiger partial charge on any atom is 0.409 e. The standard InChI is InChI=1S/C18H33N3O5/c1-13(2)12-25-17(24)21-10-7-14(8-11-21)20-15(22)6-9-19-16(23)26-18(3,4)5/h13-14H,6-12H2,1-5H3,(H,19,23)(H,20,22). The third kappa shape index (κ3) is 9.48. The van der Waals surface area contributed by atoms with E-state index in [9.17, 15) is 14.4 Å². The normalized spacial score (nSPS) is 15.5. The number of nitrogens with one attached hydrogen (secondary N) is 2. The van der Waals surface area contributed by atoms with Crippen molar-refractivity contribution in [2.75, 3.05) is 26.2 Å². The average molecular weight is 371 g/mol. The van der Waals surface area contributed by atoms with Gasteiger partial charge in [0.1, 0.15) is 5.60 Å². The van der Waals surface area contributed by atoms with E-state index in [1.807, 2.05) is 13.8 Å². The Morgan fingerprint density at radius 2 is 1.77 bits per heavy atom. The molecular formula is C18H33N3O5. The topological polar surface area (TPSA) is 97.0 Å². The lowest BCUT2D eigenvalue weighted by molar-refractivity contribution is -0.121. The number of likely N-dealkylation sites (tertiary alicyclic amines) is 1. The second-order valence-electron chi connectivity index (χ2n) is 7.98. The van der Waals surface area contributed by atoms with Crippen LogP contribution in [0.4, 0.5) is 9.59 Å². The highest BCUT2D eigenvalue weighted by Gasteiger charge is 2.25. The smallest absolute Gasteiger partial charge is 0.409 e. The zero-order chi connectivity index (χ0) is 19.7. The first-order valence-electron chi connectivity index (χ1n) is 9.24. The number of alkyl carbamates (subject to hydrolysis) is 1. The Morgan fingerprint density at radius 3 is 2.31 bits per heavy atom. The molecule has 0 atom stereocenters. The maximum absolute atomic E-state index is 12.0. The molecule has 1 saturated heterocycles. The Balaban J connectivity index is 2.19. The van der Waals surface area contributed by atoms with Crippen LogP contribution in [0.1, 0.15) is 53.9 Å². The van der Waals surface area contributed by atoms with Crippen LogP contribution >= 0.6 is 0 Å². The quantitative estimate of drug-likeness (QED) is 0.746. The number of nitrogens with zero attached hydrogens (tertiary/aromatic N) is 1. The van der Waals surface area contributed by atoms with E-state index in [2.05, 4.69) is 10.6 Å². The summed E-state index contributed by atoms with van der Waals surface area (Å²) in [6.45, 7) is 11.1. The van der Waals surface area contributed by atoms with Gasteiger partial charge in [-0.25, -0.2) is 9.59 Å². The molecule has 0 saturated carbocycles. The summed E-state index contributed by atoms with van der Waals surface area (Å²) >= 11 is 0. The number of hydrogen-bond donors (Lipinski definition) is 2. The molecule has 0 aromatic carbocycles. The maximum atomic E-state index is 12.0. The van der Waals surface area contributed by atoms with Crippen molar-refractivity contribution in [2.45, 2.75) is 65.5 Å². The van der Waals surface area contributed by atoms with Gasteiger partial charge in [-0.2, -0.15) is 0 Å². The third-order valence-electron chi connectivity index (χ3n) is 3.68.